The average molecular weight is 399 g/mol. The molecule has 12 nitrogen and oxygen atoms in total. The van der Waals surface area contributed by atoms with Crippen LogP contribution in [0.4, 0.5) is 0 Å². The highest BCUT2D eigenvalue weighted by molar-refractivity contribution is 4.93. The van der Waals surface area contributed by atoms with Gasteiger partial charge in [-0.1, -0.05) is 0 Å². The maximum atomic E-state index is 10.7. The summed E-state index contributed by atoms with van der Waals surface area (Å²) in [5.41, 5.74) is 2.47. The van der Waals surface area contributed by atoms with Crippen LogP contribution in [0.5, 0.6) is 0 Å². The predicted octanol–water partition coefficient (Wildman–Crippen LogP) is -4.34. The van der Waals surface area contributed by atoms with E-state index in [-0.39, 0.29) is 6.61 Å². The third-order valence-corrected chi connectivity index (χ3v) is 4.77. The first-order valence-corrected chi connectivity index (χ1v) is 8.61. The van der Waals surface area contributed by atoms with E-state index in [1.807, 2.05) is 0 Å². The molecule has 7 N–H and O–H groups in total. The zero-order chi connectivity index (χ0) is 20.1. The smallest absolute Gasteiger partial charge is 0.187 e. The Balaban J connectivity index is 2.15. The van der Waals surface area contributed by atoms with Gasteiger partial charge in [0.25, 0.3) is 0 Å². The second-order valence-electron chi connectivity index (χ2n) is 6.43. The molecule has 4 unspecified atom stereocenters. The number of methoxy groups -OCH3 is 1. The van der Waals surface area contributed by atoms with Crippen LogP contribution in [0.25, 0.3) is 0 Å². The normalized spacial score (nSPS) is 45.8. The lowest BCUT2D eigenvalue weighted by Gasteiger charge is -2.46. The minimum Gasteiger partial charge on any atom is -0.394 e. The van der Waals surface area contributed by atoms with Crippen LogP contribution in [0.1, 0.15) is 0 Å². The van der Waals surface area contributed by atoms with Gasteiger partial charge >= 0.3 is 0 Å². The monoisotopic (exact) mass is 399 g/mol. The van der Waals surface area contributed by atoms with Crippen LogP contribution < -0.4 is 5.48 Å². The van der Waals surface area contributed by atoms with Crippen LogP contribution in [-0.4, -0.2) is 120 Å². The van der Waals surface area contributed by atoms with Crippen molar-refractivity contribution in [2.24, 2.45) is 5.92 Å². The fourth-order valence-electron chi connectivity index (χ4n) is 3.21. The minimum atomic E-state index is -1.65. The molecule has 0 bridgehead atoms. The second-order valence-corrected chi connectivity index (χ2v) is 6.43. The minimum absolute atomic E-state index is 0.0110. The van der Waals surface area contributed by atoms with Crippen LogP contribution in [-0.2, 0) is 23.8 Å². The molecular weight excluding hydrogens is 370 g/mol. The lowest BCUT2D eigenvalue weighted by molar-refractivity contribution is -0.354. The Bertz CT molecular complexity index is 442. The van der Waals surface area contributed by atoms with Crippen LogP contribution in [0.15, 0.2) is 0 Å². The Hall–Kier alpha value is -0.480. The summed E-state index contributed by atoms with van der Waals surface area (Å²) >= 11 is 0. The van der Waals surface area contributed by atoms with Gasteiger partial charge in [0.2, 0.25) is 0 Å². The van der Waals surface area contributed by atoms with Crippen LogP contribution in [0, 0.1) is 5.92 Å². The van der Waals surface area contributed by atoms with Crippen molar-refractivity contribution in [1.82, 2.24) is 5.48 Å². The average Bonchev–Trinajstić information content (AvgIpc) is 2.68. The molecule has 2 fully saturated rings. The number of hydroxylamine groups is 1. The first-order valence-electron chi connectivity index (χ1n) is 8.61. The summed E-state index contributed by atoms with van der Waals surface area (Å²) in [5.74, 6) is -0.708. The van der Waals surface area contributed by atoms with Gasteiger partial charge in [0.15, 0.2) is 12.6 Å². The van der Waals surface area contributed by atoms with E-state index >= 15 is 0 Å². The quantitative estimate of drug-likeness (QED) is 0.195. The van der Waals surface area contributed by atoms with Gasteiger partial charge in [-0.25, -0.2) is 5.48 Å². The molecule has 2 heterocycles. The Morgan fingerprint density at radius 1 is 0.852 bits per heavy atom. The molecule has 0 saturated carbocycles. The van der Waals surface area contributed by atoms with E-state index in [0.29, 0.717) is 0 Å². The van der Waals surface area contributed by atoms with Crippen molar-refractivity contribution >= 4 is 0 Å². The Labute approximate surface area is 156 Å². The van der Waals surface area contributed by atoms with Crippen molar-refractivity contribution in [2.75, 3.05) is 34.0 Å². The first kappa shape index (κ1) is 22.8. The molecule has 0 aromatic heterocycles. The zero-order valence-corrected chi connectivity index (χ0v) is 15.1. The van der Waals surface area contributed by atoms with Crippen molar-refractivity contribution in [3.63, 3.8) is 0 Å². The van der Waals surface area contributed by atoms with E-state index in [4.69, 9.17) is 23.8 Å². The Kier molecular flexibility index (Phi) is 8.73. The molecule has 2 aliphatic heterocycles. The Morgan fingerprint density at radius 3 is 2.04 bits per heavy atom. The van der Waals surface area contributed by atoms with Gasteiger partial charge in [-0.3, -0.25) is 0 Å². The van der Waals surface area contributed by atoms with Gasteiger partial charge in [-0.05, 0) is 0 Å². The summed E-state index contributed by atoms with van der Waals surface area (Å²) < 4.78 is 21.7. The van der Waals surface area contributed by atoms with E-state index < -0.39 is 74.4 Å². The van der Waals surface area contributed by atoms with Crippen LogP contribution >= 0.6 is 0 Å². The lowest BCUT2D eigenvalue weighted by atomic mass is 9.91. The number of hydrogen-bond acceptors (Lipinski definition) is 12. The summed E-state index contributed by atoms with van der Waals surface area (Å²) in [6.07, 6.45) is -11.8. The summed E-state index contributed by atoms with van der Waals surface area (Å²) in [6.45, 7) is -1.16. The SMILES string of the molecule is CNOCC1[C@H](OC)OC(CO)[C@@H](O[C@@H]2OC(CO)[C@H](O)[C@H](O)C2O)[C@@H]1O. The third kappa shape index (κ3) is 4.93. The highest BCUT2D eigenvalue weighted by atomic mass is 16.7. The number of aliphatic hydroxyl groups excluding tert-OH is 6. The molecule has 0 spiro atoms. The molecule has 2 aliphatic rings. The van der Waals surface area contributed by atoms with Gasteiger partial charge in [0.05, 0.1) is 31.8 Å². The van der Waals surface area contributed by atoms with E-state index in [1.165, 1.54) is 14.2 Å². The van der Waals surface area contributed by atoms with Gasteiger partial charge in [-0.15, -0.1) is 0 Å². The molecule has 0 amide bonds. The standard InChI is InChI=1S/C15H29NO11/c1-16-24-5-6-9(19)13(8(4-18)26-14(6)23-2)27-15-12(22)11(21)10(20)7(3-17)25-15/h6-22H,3-5H2,1-2H3/t6?,7?,8?,9-,10+,11+,12?,13-,14-,15+/m1/s1. The molecular formula is C15H29NO11. The van der Waals surface area contributed by atoms with Gasteiger partial charge < -0.3 is 54.4 Å². The lowest BCUT2D eigenvalue weighted by Crippen LogP contribution is -2.64. The number of aliphatic hydroxyl groups is 6. The highest BCUT2D eigenvalue weighted by Gasteiger charge is 2.50. The second kappa shape index (κ2) is 10.3. The van der Waals surface area contributed by atoms with Gasteiger partial charge in [-0.2, -0.15) is 0 Å². The summed E-state index contributed by atoms with van der Waals surface area (Å²) in [4.78, 5) is 5.09. The molecule has 0 aromatic carbocycles. The number of rotatable bonds is 8. The highest BCUT2D eigenvalue weighted by Crippen LogP contribution is 2.32. The van der Waals surface area contributed by atoms with E-state index in [1.54, 1.807) is 0 Å². The molecule has 0 aromatic rings. The summed E-state index contributed by atoms with van der Waals surface area (Å²) in [5, 5.41) is 59.4. The number of nitrogens with one attached hydrogen (secondary N) is 1. The fraction of sp³-hybridized carbons (Fsp3) is 1.00. The Morgan fingerprint density at radius 2 is 1.48 bits per heavy atom. The molecule has 0 radical (unpaired) electrons. The van der Waals surface area contributed by atoms with Gasteiger partial charge in [0.1, 0.15) is 36.6 Å². The molecule has 2 rings (SSSR count). The molecule has 10 atom stereocenters. The van der Waals surface area contributed by atoms with E-state index in [0.717, 1.165) is 0 Å². The topological polar surface area (TPSA) is 180 Å². The third-order valence-electron chi connectivity index (χ3n) is 4.77. The molecule has 160 valence electrons. The van der Waals surface area contributed by atoms with Crippen molar-refractivity contribution in [2.45, 2.75) is 55.3 Å². The van der Waals surface area contributed by atoms with Crippen molar-refractivity contribution < 1.29 is 54.4 Å². The zero-order valence-electron chi connectivity index (χ0n) is 15.1. The summed E-state index contributed by atoms with van der Waals surface area (Å²) in [7, 11) is 2.91. The predicted molar refractivity (Wildman–Crippen MR) is 85.9 cm³/mol. The summed E-state index contributed by atoms with van der Waals surface area (Å²) in [6, 6.07) is 0. The molecule has 27 heavy (non-hydrogen) atoms. The van der Waals surface area contributed by atoms with Crippen molar-refractivity contribution in [1.29, 1.82) is 0 Å². The maximum Gasteiger partial charge on any atom is 0.187 e. The first-order chi connectivity index (χ1) is 12.9. The van der Waals surface area contributed by atoms with Crippen molar-refractivity contribution in [3.8, 4) is 0 Å². The largest absolute Gasteiger partial charge is 0.394 e. The van der Waals surface area contributed by atoms with Crippen LogP contribution in [0.3, 0.4) is 0 Å². The maximum absolute atomic E-state index is 10.7. The van der Waals surface area contributed by atoms with E-state index in [9.17, 15) is 30.6 Å². The van der Waals surface area contributed by atoms with E-state index in [2.05, 4.69) is 5.48 Å². The molecule has 12 heteroatoms. The number of ether oxygens (including phenoxy) is 4. The molecule has 0 aliphatic carbocycles. The van der Waals surface area contributed by atoms with Crippen molar-refractivity contribution in [3.05, 3.63) is 0 Å². The molecule has 2 saturated heterocycles. The van der Waals surface area contributed by atoms with Crippen LogP contribution in [0.2, 0.25) is 0 Å². The fourth-order valence-corrected chi connectivity index (χ4v) is 3.21. The van der Waals surface area contributed by atoms with Gasteiger partial charge in [0, 0.05) is 14.2 Å². The number of hydrogen-bond donors (Lipinski definition) is 7.